The van der Waals surface area contributed by atoms with E-state index in [2.05, 4.69) is 50.9 Å². The summed E-state index contributed by atoms with van der Waals surface area (Å²) in [5, 5.41) is 0. The van der Waals surface area contributed by atoms with Crippen molar-refractivity contribution in [2.45, 2.75) is 53.9 Å². The maximum Gasteiger partial charge on any atom is 0.0400 e. The molecule has 0 heterocycles. The number of rotatable bonds is 7. The lowest BCUT2D eigenvalue weighted by molar-refractivity contribution is 0.612. The molecular formula is C16H27N. The van der Waals surface area contributed by atoms with Crippen molar-refractivity contribution in [2.24, 2.45) is 10.9 Å². The molecule has 0 aromatic carbocycles. The van der Waals surface area contributed by atoms with E-state index in [0.717, 1.165) is 12.1 Å². The van der Waals surface area contributed by atoms with Crippen LogP contribution in [-0.4, -0.2) is 5.71 Å². The van der Waals surface area contributed by atoms with E-state index >= 15 is 0 Å². The van der Waals surface area contributed by atoms with E-state index in [-0.39, 0.29) is 0 Å². The number of hydrogen-bond donors (Lipinski definition) is 0. The Kier molecular flexibility index (Phi) is 9.41. The lowest BCUT2D eigenvalue weighted by atomic mass is 9.95. The fourth-order valence-corrected chi connectivity index (χ4v) is 1.76. The van der Waals surface area contributed by atoms with Crippen molar-refractivity contribution in [3.63, 3.8) is 0 Å². The molecule has 1 unspecified atom stereocenters. The molecule has 0 rings (SSSR count). The zero-order valence-electron chi connectivity index (χ0n) is 12.0. The zero-order valence-corrected chi connectivity index (χ0v) is 12.0. The van der Waals surface area contributed by atoms with Crippen molar-refractivity contribution in [2.75, 3.05) is 0 Å². The quantitative estimate of drug-likeness (QED) is 0.417. The number of nitrogens with zero attached hydrogens (tertiary/aromatic N) is 1. The fraction of sp³-hybridized carbons (Fsp3) is 0.562. The summed E-state index contributed by atoms with van der Waals surface area (Å²) >= 11 is 0. The molecule has 0 fully saturated rings. The molecule has 0 bridgehead atoms. The Morgan fingerprint density at radius 2 is 1.88 bits per heavy atom. The molecule has 0 aliphatic rings. The van der Waals surface area contributed by atoms with Crippen LogP contribution in [0.3, 0.4) is 0 Å². The second-order valence-electron chi connectivity index (χ2n) is 4.27. The molecule has 0 aliphatic carbocycles. The molecule has 1 nitrogen and oxygen atoms in total. The van der Waals surface area contributed by atoms with Crippen LogP contribution in [0.2, 0.25) is 0 Å². The van der Waals surface area contributed by atoms with Crippen LogP contribution in [0.25, 0.3) is 0 Å². The van der Waals surface area contributed by atoms with Gasteiger partial charge in [-0.05, 0) is 44.3 Å². The van der Waals surface area contributed by atoms with Crippen molar-refractivity contribution in [1.29, 1.82) is 0 Å². The molecule has 0 N–H and O–H groups in total. The SMILES string of the molecule is C\C=C/N=C(/C=C\C(=C/C)C(C)CCC)CC. The second kappa shape index (κ2) is 10.1. The highest BCUT2D eigenvalue weighted by Crippen LogP contribution is 2.17. The molecule has 0 spiro atoms. The molecule has 0 aromatic rings. The van der Waals surface area contributed by atoms with Crippen molar-refractivity contribution < 1.29 is 0 Å². The summed E-state index contributed by atoms with van der Waals surface area (Å²) in [4.78, 5) is 4.39. The van der Waals surface area contributed by atoms with Crippen LogP contribution in [0, 0.1) is 5.92 Å². The van der Waals surface area contributed by atoms with Gasteiger partial charge in [-0.3, -0.25) is 4.99 Å². The minimum Gasteiger partial charge on any atom is -0.262 e. The first-order chi connectivity index (χ1) is 8.19. The highest BCUT2D eigenvalue weighted by atomic mass is 14.7. The molecule has 0 saturated heterocycles. The Hall–Kier alpha value is -1.11. The summed E-state index contributed by atoms with van der Waals surface area (Å²) in [6.07, 6.45) is 13.8. The van der Waals surface area contributed by atoms with Crippen LogP contribution in [0.15, 0.2) is 41.1 Å². The molecule has 96 valence electrons. The molecule has 0 aromatic heterocycles. The maximum absolute atomic E-state index is 4.39. The van der Waals surface area contributed by atoms with E-state index in [1.165, 1.54) is 18.4 Å². The van der Waals surface area contributed by atoms with Gasteiger partial charge in [0.15, 0.2) is 0 Å². The van der Waals surface area contributed by atoms with Gasteiger partial charge in [-0.1, -0.05) is 45.4 Å². The standard InChI is InChI=1S/C16H27N/c1-6-10-14(5)15(8-3)11-12-16(9-4)17-13-7-2/h7-8,11-14H,6,9-10H2,1-5H3/b12-11-,13-7-,15-8+,17-16+. The van der Waals surface area contributed by atoms with Gasteiger partial charge in [0.1, 0.15) is 0 Å². The Labute approximate surface area is 107 Å². The number of allylic oxidation sites excluding steroid dienone is 5. The third-order valence-corrected chi connectivity index (χ3v) is 2.84. The Morgan fingerprint density at radius 3 is 2.35 bits per heavy atom. The van der Waals surface area contributed by atoms with Gasteiger partial charge in [-0.15, -0.1) is 0 Å². The largest absolute Gasteiger partial charge is 0.262 e. The van der Waals surface area contributed by atoms with E-state index in [1.807, 2.05) is 19.2 Å². The van der Waals surface area contributed by atoms with Gasteiger partial charge in [0.05, 0.1) is 0 Å². The molecular weight excluding hydrogens is 206 g/mol. The van der Waals surface area contributed by atoms with E-state index < -0.39 is 0 Å². The van der Waals surface area contributed by atoms with Gasteiger partial charge < -0.3 is 0 Å². The van der Waals surface area contributed by atoms with Gasteiger partial charge in [0, 0.05) is 11.9 Å². The van der Waals surface area contributed by atoms with Crippen LogP contribution < -0.4 is 0 Å². The topological polar surface area (TPSA) is 12.4 Å². The van der Waals surface area contributed by atoms with Gasteiger partial charge >= 0.3 is 0 Å². The summed E-state index contributed by atoms with van der Waals surface area (Å²) in [6.45, 7) is 10.8. The van der Waals surface area contributed by atoms with Crippen LogP contribution in [0.5, 0.6) is 0 Å². The molecule has 0 radical (unpaired) electrons. The third-order valence-electron chi connectivity index (χ3n) is 2.84. The van der Waals surface area contributed by atoms with Crippen molar-refractivity contribution in [3.8, 4) is 0 Å². The van der Waals surface area contributed by atoms with E-state index in [1.54, 1.807) is 0 Å². The van der Waals surface area contributed by atoms with Gasteiger partial charge in [-0.2, -0.15) is 0 Å². The molecule has 0 amide bonds. The summed E-state index contributed by atoms with van der Waals surface area (Å²) in [6, 6.07) is 0. The van der Waals surface area contributed by atoms with Crippen LogP contribution in [-0.2, 0) is 0 Å². The van der Waals surface area contributed by atoms with E-state index in [4.69, 9.17) is 0 Å². The third kappa shape index (κ3) is 6.93. The Balaban J connectivity index is 4.65. The first-order valence-electron chi connectivity index (χ1n) is 6.71. The number of aliphatic imine (C=N–C) groups is 1. The predicted octanol–water partition coefficient (Wildman–Crippen LogP) is 5.31. The first kappa shape index (κ1) is 15.9. The van der Waals surface area contributed by atoms with Crippen molar-refractivity contribution in [3.05, 3.63) is 36.1 Å². The monoisotopic (exact) mass is 233 g/mol. The molecule has 0 saturated carbocycles. The number of hydrogen-bond acceptors (Lipinski definition) is 1. The highest BCUT2D eigenvalue weighted by Gasteiger charge is 2.03. The molecule has 1 atom stereocenters. The molecule has 17 heavy (non-hydrogen) atoms. The zero-order chi connectivity index (χ0) is 13.1. The smallest absolute Gasteiger partial charge is 0.0400 e. The maximum atomic E-state index is 4.39. The average Bonchev–Trinajstić information content (AvgIpc) is 2.34. The van der Waals surface area contributed by atoms with Gasteiger partial charge in [-0.25, -0.2) is 0 Å². The highest BCUT2D eigenvalue weighted by molar-refractivity contribution is 5.95. The minimum atomic E-state index is 0.640. The van der Waals surface area contributed by atoms with Gasteiger partial charge in [0.25, 0.3) is 0 Å². The van der Waals surface area contributed by atoms with Crippen LogP contribution in [0.1, 0.15) is 53.9 Å². The Morgan fingerprint density at radius 1 is 1.18 bits per heavy atom. The summed E-state index contributed by atoms with van der Waals surface area (Å²) in [5.41, 5.74) is 2.54. The summed E-state index contributed by atoms with van der Waals surface area (Å²) in [5.74, 6) is 0.640. The normalized spacial score (nSPS) is 16.1. The summed E-state index contributed by atoms with van der Waals surface area (Å²) in [7, 11) is 0. The second-order valence-corrected chi connectivity index (χ2v) is 4.27. The molecule has 0 aliphatic heterocycles. The lowest BCUT2D eigenvalue weighted by Gasteiger charge is -2.11. The van der Waals surface area contributed by atoms with Gasteiger partial charge in [0.2, 0.25) is 0 Å². The lowest BCUT2D eigenvalue weighted by Crippen LogP contribution is -1.98. The minimum absolute atomic E-state index is 0.640. The average molecular weight is 233 g/mol. The summed E-state index contributed by atoms with van der Waals surface area (Å²) < 4.78 is 0. The van der Waals surface area contributed by atoms with Crippen LogP contribution in [0.4, 0.5) is 0 Å². The van der Waals surface area contributed by atoms with Crippen LogP contribution >= 0.6 is 0 Å². The van der Waals surface area contributed by atoms with Crippen molar-refractivity contribution >= 4 is 5.71 Å². The molecule has 1 heteroatoms. The fourth-order valence-electron chi connectivity index (χ4n) is 1.76. The van der Waals surface area contributed by atoms with E-state index in [9.17, 15) is 0 Å². The first-order valence-corrected chi connectivity index (χ1v) is 6.71. The predicted molar refractivity (Wildman–Crippen MR) is 79.5 cm³/mol. The van der Waals surface area contributed by atoms with Crippen molar-refractivity contribution in [1.82, 2.24) is 0 Å². The van der Waals surface area contributed by atoms with E-state index in [0.29, 0.717) is 5.92 Å². The Bertz CT molecular complexity index is 305.